The smallest absolute Gasteiger partial charge is 0.261 e. The van der Waals surface area contributed by atoms with Crippen molar-refractivity contribution < 1.29 is 0 Å². The second-order valence-electron chi connectivity index (χ2n) is 8.83. The Hall–Kier alpha value is -4.59. The van der Waals surface area contributed by atoms with Crippen molar-refractivity contribution in [2.45, 2.75) is 32.7 Å². The van der Waals surface area contributed by atoms with Crippen molar-refractivity contribution in [1.29, 1.82) is 0 Å². The molecule has 0 atom stereocenters. The predicted octanol–water partition coefficient (Wildman–Crippen LogP) is 4.91. The van der Waals surface area contributed by atoms with Gasteiger partial charge in [0.2, 0.25) is 5.82 Å². The summed E-state index contributed by atoms with van der Waals surface area (Å²) in [6, 6.07) is 23.9. The second kappa shape index (κ2) is 9.22. The number of tetrazole rings is 1. The van der Waals surface area contributed by atoms with Gasteiger partial charge < -0.3 is 4.57 Å². The molecule has 6 rings (SSSR count). The van der Waals surface area contributed by atoms with Crippen LogP contribution in [0.25, 0.3) is 38.9 Å². The fraction of sp³-hybridized carbons (Fsp3) is 0.179. The average molecular weight is 476 g/mol. The van der Waals surface area contributed by atoms with Crippen LogP contribution in [0.1, 0.15) is 31.2 Å². The third-order valence-corrected chi connectivity index (χ3v) is 6.60. The number of aromatic nitrogens is 7. The fourth-order valence-electron chi connectivity index (χ4n) is 4.80. The lowest BCUT2D eigenvalue weighted by Gasteiger charge is -2.15. The molecule has 0 fully saturated rings. The van der Waals surface area contributed by atoms with Crippen molar-refractivity contribution in [3.63, 3.8) is 0 Å². The molecule has 0 bridgehead atoms. The van der Waals surface area contributed by atoms with Crippen LogP contribution in [0.15, 0.2) is 83.8 Å². The van der Waals surface area contributed by atoms with E-state index >= 15 is 0 Å². The van der Waals surface area contributed by atoms with Gasteiger partial charge in [-0.3, -0.25) is 9.36 Å². The van der Waals surface area contributed by atoms with E-state index in [-0.39, 0.29) is 5.56 Å². The number of nitrogens with zero attached hydrogens (tertiary/aromatic N) is 6. The Bertz CT molecular complexity index is 1730. The normalized spacial score (nSPS) is 11.5. The Balaban J connectivity index is 1.48. The van der Waals surface area contributed by atoms with Gasteiger partial charge in [0.1, 0.15) is 5.82 Å². The van der Waals surface area contributed by atoms with Gasteiger partial charge in [0.15, 0.2) is 0 Å². The molecule has 36 heavy (non-hydrogen) atoms. The number of aromatic amines is 1. The van der Waals surface area contributed by atoms with E-state index in [0.717, 1.165) is 58.3 Å². The zero-order valence-corrected chi connectivity index (χ0v) is 19.9. The van der Waals surface area contributed by atoms with Crippen LogP contribution in [0.2, 0.25) is 0 Å². The summed E-state index contributed by atoms with van der Waals surface area (Å²) in [7, 11) is 0. The summed E-state index contributed by atoms with van der Waals surface area (Å²) in [5, 5.41) is 16.3. The van der Waals surface area contributed by atoms with Crippen molar-refractivity contribution in [3.8, 4) is 17.1 Å². The summed E-state index contributed by atoms with van der Waals surface area (Å²) < 4.78 is 3.97. The van der Waals surface area contributed by atoms with E-state index in [1.165, 1.54) is 0 Å². The highest BCUT2D eigenvalue weighted by atomic mass is 16.1. The number of H-pyrrole nitrogens is 1. The van der Waals surface area contributed by atoms with Crippen LogP contribution in [0, 0.1) is 0 Å². The Kier molecular flexibility index (Phi) is 5.61. The predicted molar refractivity (Wildman–Crippen MR) is 140 cm³/mol. The molecule has 0 radical (unpaired) electrons. The number of hydrogen-bond donors (Lipinski definition) is 1. The minimum atomic E-state index is 0.00518. The summed E-state index contributed by atoms with van der Waals surface area (Å²) in [6.45, 7) is 2.61. The van der Waals surface area contributed by atoms with Crippen LogP contribution in [0.4, 0.5) is 0 Å². The van der Waals surface area contributed by atoms with Crippen LogP contribution in [0.5, 0.6) is 0 Å². The second-order valence-corrected chi connectivity index (χ2v) is 8.83. The van der Waals surface area contributed by atoms with Gasteiger partial charge in [-0.05, 0) is 53.6 Å². The first-order valence-electron chi connectivity index (χ1n) is 12.1. The molecule has 0 aliphatic heterocycles. The molecule has 0 aliphatic carbocycles. The molecule has 3 heterocycles. The van der Waals surface area contributed by atoms with E-state index in [2.05, 4.69) is 50.3 Å². The van der Waals surface area contributed by atoms with Gasteiger partial charge in [0.05, 0.1) is 28.7 Å². The van der Waals surface area contributed by atoms with Crippen molar-refractivity contribution in [2.24, 2.45) is 0 Å². The van der Waals surface area contributed by atoms with Crippen LogP contribution in [0.3, 0.4) is 0 Å². The molecular weight excluding hydrogens is 450 g/mol. The van der Waals surface area contributed by atoms with E-state index in [9.17, 15) is 4.79 Å². The zero-order chi connectivity index (χ0) is 24.5. The lowest BCUT2D eigenvalue weighted by Crippen LogP contribution is -2.26. The molecule has 3 aromatic carbocycles. The molecule has 6 aromatic rings. The minimum absolute atomic E-state index is 0.00518. The maximum Gasteiger partial charge on any atom is 0.261 e. The Labute approximate surface area is 207 Å². The third kappa shape index (κ3) is 3.76. The van der Waals surface area contributed by atoms with E-state index in [4.69, 9.17) is 4.98 Å². The van der Waals surface area contributed by atoms with Crippen LogP contribution in [-0.2, 0) is 13.0 Å². The van der Waals surface area contributed by atoms with Gasteiger partial charge in [-0.15, -0.1) is 10.2 Å². The average Bonchev–Trinajstić information content (AvgIpc) is 3.60. The zero-order valence-electron chi connectivity index (χ0n) is 19.9. The van der Waals surface area contributed by atoms with Gasteiger partial charge >= 0.3 is 0 Å². The number of hydrogen-bond acceptors (Lipinski definition) is 5. The van der Waals surface area contributed by atoms with Crippen LogP contribution in [-0.4, -0.2) is 34.7 Å². The van der Waals surface area contributed by atoms with Gasteiger partial charge in [-0.2, -0.15) is 5.21 Å². The monoisotopic (exact) mass is 475 g/mol. The number of unbranched alkanes of at least 4 members (excludes halogenated alkanes) is 1. The molecule has 0 amide bonds. The molecule has 178 valence electrons. The van der Waals surface area contributed by atoms with E-state index < -0.39 is 0 Å². The molecule has 8 heteroatoms. The lowest BCUT2D eigenvalue weighted by molar-refractivity contribution is 0.648. The summed E-state index contributed by atoms with van der Waals surface area (Å²) in [5.74, 6) is 1.37. The lowest BCUT2D eigenvalue weighted by atomic mass is 10.1. The highest BCUT2D eigenvalue weighted by Gasteiger charge is 2.16. The summed E-state index contributed by atoms with van der Waals surface area (Å²) in [4.78, 5) is 18.4. The first kappa shape index (κ1) is 21.9. The van der Waals surface area contributed by atoms with E-state index in [1.807, 2.05) is 65.4 Å². The first-order valence-corrected chi connectivity index (χ1v) is 12.1. The highest BCUT2D eigenvalue weighted by molar-refractivity contribution is 5.87. The summed E-state index contributed by atoms with van der Waals surface area (Å²) in [6.07, 6.45) is 4.84. The van der Waals surface area contributed by atoms with E-state index in [1.54, 1.807) is 0 Å². The van der Waals surface area contributed by atoms with Crippen molar-refractivity contribution in [2.75, 3.05) is 0 Å². The van der Waals surface area contributed by atoms with E-state index in [0.29, 0.717) is 17.8 Å². The summed E-state index contributed by atoms with van der Waals surface area (Å²) in [5.41, 5.74) is 4.71. The molecule has 0 aliphatic rings. The third-order valence-electron chi connectivity index (χ3n) is 6.60. The van der Waals surface area contributed by atoms with Gasteiger partial charge in [0.25, 0.3) is 5.56 Å². The summed E-state index contributed by atoms with van der Waals surface area (Å²) >= 11 is 0. The van der Waals surface area contributed by atoms with Crippen molar-refractivity contribution >= 4 is 21.8 Å². The van der Waals surface area contributed by atoms with Gasteiger partial charge in [-0.25, -0.2) is 4.98 Å². The number of rotatable bonds is 7. The SMILES string of the molecule is CCCCc1nc2ccccc2c(=O)n1Cc1cccc2c1ccn2-c1ccccc1-c1nn[nH]n1. The quantitative estimate of drug-likeness (QED) is 0.354. The fourth-order valence-corrected chi connectivity index (χ4v) is 4.80. The number of fused-ring (bicyclic) bond motifs is 2. The van der Waals surface area contributed by atoms with Crippen molar-refractivity contribution in [1.82, 2.24) is 34.7 Å². The van der Waals surface area contributed by atoms with Gasteiger partial charge in [0, 0.05) is 23.6 Å². The Morgan fingerprint density at radius 1 is 0.917 bits per heavy atom. The first-order chi connectivity index (χ1) is 17.7. The molecule has 8 nitrogen and oxygen atoms in total. The molecule has 0 saturated heterocycles. The minimum Gasteiger partial charge on any atom is -0.316 e. The number of aryl methyl sites for hydroxylation is 1. The highest BCUT2D eigenvalue weighted by Crippen LogP contribution is 2.29. The number of para-hydroxylation sites is 2. The number of nitrogens with one attached hydrogen (secondary N) is 1. The maximum atomic E-state index is 13.6. The largest absolute Gasteiger partial charge is 0.316 e. The molecule has 0 spiro atoms. The molecule has 0 unspecified atom stereocenters. The number of benzene rings is 3. The molecular formula is C28H25N7O. The Morgan fingerprint density at radius 3 is 2.64 bits per heavy atom. The maximum absolute atomic E-state index is 13.6. The Morgan fingerprint density at radius 2 is 1.78 bits per heavy atom. The van der Waals surface area contributed by atoms with Crippen molar-refractivity contribution in [3.05, 3.63) is 101 Å². The molecule has 0 saturated carbocycles. The molecule has 3 aromatic heterocycles. The molecule has 1 N–H and O–H groups in total. The van der Waals surface area contributed by atoms with Gasteiger partial charge in [-0.1, -0.05) is 49.7 Å². The standard InChI is InChI=1S/C28H25N7O/c1-2-3-15-26-29-23-12-6-4-10-21(23)28(36)35(26)18-19-9-8-14-24-20(19)16-17-34(24)25-13-7-5-11-22(25)27-30-32-33-31-27/h4-14,16-17H,2-3,15,18H2,1H3,(H,30,31,32,33). The van der Waals surface area contributed by atoms with Crippen LogP contribution >= 0.6 is 0 Å². The topological polar surface area (TPSA) is 94.3 Å². The van der Waals surface area contributed by atoms with Crippen LogP contribution < -0.4 is 5.56 Å².